The van der Waals surface area contributed by atoms with Crippen LogP contribution >= 0.6 is 0 Å². The van der Waals surface area contributed by atoms with Gasteiger partial charge in [0, 0.05) is 13.2 Å². The SMILES string of the molecule is CCOC(/C=C/C=O)OCC. The highest BCUT2D eigenvalue weighted by molar-refractivity contribution is 5.64. The molecule has 64 valence electrons. The maximum Gasteiger partial charge on any atom is 0.177 e. The third kappa shape index (κ3) is 5.76. The van der Waals surface area contributed by atoms with E-state index in [0.29, 0.717) is 19.5 Å². The first-order chi connectivity index (χ1) is 5.35. The van der Waals surface area contributed by atoms with E-state index in [2.05, 4.69) is 0 Å². The average Bonchev–Trinajstić information content (AvgIpc) is 2.01. The lowest BCUT2D eigenvalue weighted by Gasteiger charge is -2.11. The minimum Gasteiger partial charge on any atom is -0.349 e. The molecule has 0 amide bonds. The van der Waals surface area contributed by atoms with Gasteiger partial charge in [0.2, 0.25) is 0 Å². The summed E-state index contributed by atoms with van der Waals surface area (Å²) in [5, 5.41) is 0. The van der Waals surface area contributed by atoms with E-state index in [4.69, 9.17) is 9.47 Å². The van der Waals surface area contributed by atoms with Gasteiger partial charge < -0.3 is 9.47 Å². The quantitative estimate of drug-likeness (QED) is 0.330. The minimum atomic E-state index is -0.379. The van der Waals surface area contributed by atoms with Gasteiger partial charge in [0.25, 0.3) is 0 Å². The number of hydrogen-bond donors (Lipinski definition) is 0. The first-order valence-corrected chi connectivity index (χ1v) is 3.70. The fraction of sp³-hybridized carbons (Fsp3) is 0.625. The van der Waals surface area contributed by atoms with E-state index in [1.165, 1.54) is 6.08 Å². The van der Waals surface area contributed by atoms with Crippen molar-refractivity contribution in [3.63, 3.8) is 0 Å². The molecule has 0 aliphatic carbocycles. The van der Waals surface area contributed by atoms with E-state index >= 15 is 0 Å². The summed E-state index contributed by atoms with van der Waals surface area (Å²) in [6, 6.07) is 0. The Morgan fingerprint density at radius 3 is 2.18 bits per heavy atom. The molecule has 3 heteroatoms. The van der Waals surface area contributed by atoms with Crippen LogP contribution in [-0.4, -0.2) is 25.8 Å². The molecule has 0 saturated heterocycles. The number of aldehydes is 1. The molecule has 0 fully saturated rings. The van der Waals surface area contributed by atoms with Gasteiger partial charge in [-0.1, -0.05) is 0 Å². The van der Waals surface area contributed by atoms with Gasteiger partial charge in [-0.25, -0.2) is 0 Å². The second kappa shape index (κ2) is 7.44. The fourth-order valence-corrected chi connectivity index (χ4v) is 0.624. The Morgan fingerprint density at radius 1 is 1.27 bits per heavy atom. The summed E-state index contributed by atoms with van der Waals surface area (Å²) in [5.41, 5.74) is 0. The molecule has 0 aromatic carbocycles. The lowest BCUT2D eigenvalue weighted by atomic mass is 10.5. The van der Waals surface area contributed by atoms with Gasteiger partial charge in [-0.15, -0.1) is 0 Å². The van der Waals surface area contributed by atoms with Crippen molar-refractivity contribution in [2.75, 3.05) is 13.2 Å². The largest absolute Gasteiger partial charge is 0.349 e. The maximum absolute atomic E-state index is 9.92. The van der Waals surface area contributed by atoms with Crippen LogP contribution in [0.4, 0.5) is 0 Å². The topological polar surface area (TPSA) is 35.5 Å². The molecule has 0 aromatic rings. The normalized spacial score (nSPS) is 11.2. The van der Waals surface area contributed by atoms with Crippen LogP contribution in [0.25, 0.3) is 0 Å². The minimum absolute atomic E-state index is 0.379. The smallest absolute Gasteiger partial charge is 0.177 e. The third-order valence-electron chi connectivity index (χ3n) is 1.01. The zero-order chi connectivity index (χ0) is 8.53. The molecule has 11 heavy (non-hydrogen) atoms. The number of rotatable bonds is 6. The van der Waals surface area contributed by atoms with Crippen molar-refractivity contribution in [3.05, 3.63) is 12.2 Å². The number of hydrogen-bond acceptors (Lipinski definition) is 3. The summed E-state index contributed by atoms with van der Waals surface area (Å²) in [6.45, 7) is 4.91. The highest BCUT2D eigenvalue weighted by atomic mass is 16.7. The molecule has 0 rings (SSSR count). The van der Waals surface area contributed by atoms with Crippen LogP contribution in [0.1, 0.15) is 13.8 Å². The molecule has 0 heterocycles. The molecule has 0 spiro atoms. The lowest BCUT2D eigenvalue weighted by molar-refractivity contribution is -0.108. The predicted molar refractivity (Wildman–Crippen MR) is 42.2 cm³/mol. The Morgan fingerprint density at radius 2 is 1.82 bits per heavy atom. The van der Waals surface area contributed by atoms with Gasteiger partial charge in [-0.2, -0.15) is 0 Å². The monoisotopic (exact) mass is 158 g/mol. The first-order valence-electron chi connectivity index (χ1n) is 3.70. The summed E-state index contributed by atoms with van der Waals surface area (Å²) in [6.07, 6.45) is 3.27. The van der Waals surface area contributed by atoms with E-state index in [1.807, 2.05) is 13.8 Å². The van der Waals surface area contributed by atoms with Crippen molar-refractivity contribution in [1.29, 1.82) is 0 Å². The molecule has 0 bridgehead atoms. The average molecular weight is 158 g/mol. The predicted octanol–water partition coefficient (Wildman–Crippen LogP) is 1.14. The highest BCUT2D eigenvalue weighted by Gasteiger charge is 2.00. The Kier molecular flexibility index (Phi) is 6.98. The van der Waals surface area contributed by atoms with Crippen LogP contribution in [-0.2, 0) is 14.3 Å². The van der Waals surface area contributed by atoms with Gasteiger partial charge in [0.1, 0.15) is 6.29 Å². The Balaban J connectivity index is 3.67. The standard InChI is InChI=1S/C8H14O3/c1-3-10-8(11-4-2)6-5-7-9/h5-8H,3-4H2,1-2H3/b6-5+. The molecular weight excluding hydrogens is 144 g/mol. The van der Waals surface area contributed by atoms with E-state index in [-0.39, 0.29) is 6.29 Å². The summed E-state index contributed by atoms with van der Waals surface area (Å²) in [5.74, 6) is 0. The van der Waals surface area contributed by atoms with Crippen LogP contribution in [0.15, 0.2) is 12.2 Å². The van der Waals surface area contributed by atoms with Crippen molar-refractivity contribution < 1.29 is 14.3 Å². The van der Waals surface area contributed by atoms with E-state index < -0.39 is 0 Å². The third-order valence-corrected chi connectivity index (χ3v) is 1.01. The zero-order valence-electron chi connectivity index (χ0n) is 6.95. The van der Waals surface area contributed by atoms with Crippen LogP contribution in [0.5, 0.6) is 0 Å². The fourth-order valence-electron chi connectivity index (χ4n) is 0.624. The zero-order valence-corrected chi connectivity index (χ0v) is 6.95. The first kappa shape index (κ1) is 10.3. The molecule has 0 unspecified atom stereocenters. The Labute approximate surface area is 67.0 Å². The number of allylic oxidation sites excluding steroid dienone is 1. The molecule has 0 aromatic heterocycles. The van der Waals surface area contributed by atoms with Crippen LogP contribution in [0.3, 0.4) is 0 Å². The van der Waals surface area contributed by atoms with Crippen molar-refractivity contribution in [2.24, 2.45) is 0 Å². The van der Waals surface area contributed by atoms with Gasteiger partial charge in [-0.3, -0.25) is 4.79 Å². The van der Waals surface area contributed by atoms with E-state index in [1.54, 1.807) is 6.08 Å². The molecule has 0 aliphatic heterocycles. The summed E-state index contributed by atoms with van der Waals surface area (Å²) >= 11 is 0. The van der Waals surface area contributed by atoms with E-state index in [9.17, 15) is 4.79 Å². The maximum atomic E-state index is 9.92. The highest BCUT2D eigenvalue weighted by Crippen LogP contribution is 1.95. The molecule has 0 atom stereocenters. The van der Waals surface area contributed by atoms with Gasteiger partial charge in [-0.05, 0) is 26.0 Å². The molecule has 0 N–H and O–H groups in total. The summed E-state index contributed by atoms with van der Waals surface area (Å²) in [7, 11) is 0. The van der Waals surface area contributed by atoms with Crippen LogP contribution < -0.4 is 0 Å². The van der Waals surface area contributed by atoms with Crippen molar-refractivity contribution in [2.45, 2.75) is 20.1 Å². The van der Waals surface area contributed by atoms with E-state index in [0.717, 1.165) is 0 Å². The summed E-state index contributed by atoms with van der Waals surface area (Å²) < 4.78 is 10.2. The molecule has 0 saturated carbocycles. The van der Waals surface area contributed by atoms with Crippen molar-refractivity contribution in [1.82, 2.24) is 0 Å². The Hall–Kier alpha value is -0.670. The Bertz CT molecular complexity index is 115. The van der Waals surface area contributed by atoms with Gasteiger partial charge >= 0.3 is 0 Å². The van der Waals surface area contributed by atoms with Crippen molar-refractivity contribution in [3.8, 4) is 0 Å². The van der Waals surface area contributed by atoms with Gasteiger partial charge in [0.05, 0.1) is 0 Å². The summed E-state index contributed by atoms with van der Waals surface area (Å²) in [4.78, 5) is 9.92. The molecule has 0 aliphatic rings. The van der Waals surface area contributed by atoms with Crippen LogP contribution in [0.2, 0.25) is 0 Å². The molecule has 3 nitrogen and oxygen atoms in total. The molecular formula is C8H14O3. The van der Waals surface area contributed by atoms with Gasteiger partial charge in [0.15, 0.2) is 6.29 Å². The second-order valence-electron chi connectivity index (χ2n) is 1.80. The molecule has 0 radical (unpaired) electrons. The number of ether oxygens (including phenoxy) is 2. The lowest BCUT2D eigenvalue weighted by Crippen LogP contribution is -2.14. The van der Waals surface area contributed by atoms with Crippen molar-refractivity contribution >= 4 is 6.29 Å². The second-order valence-corrected chi connectivity index (χ2v) is 1.80. The van der Waals surface area contributed by atoms with Crippen LogP contribution in [0, 0.1) is 0 Å². The number of carbonyl (C=O) groups is 1. The number of carbonyl (C=O) groups excluding carboxylic acids is 1.